The van der Waals surface area contributed by atoms with Gasteiger partial charge in [0.2, 0.25) is 0 Å². The molecule has 0 aliphatic rings. The Morgan fingerprint density at radius 2 is 2.27 bits per heavy atom. The van der Waals surface area contributed by atoms with E-state index in [1.165, 1.54) is 4.88 Å². The lowest BCUT2D eigenvalue weighted by atomic mass is 10.2. The van der Waals surface area contributed by atoms with Crippen molar-refractivity contribution in [1.29, 1.82) is 0 Å². The highest BCUT2D eigenvalue weighted by molar-refractivity contribution is 7.10. The Morgan fingerprint density at radius 3 is 2.80 bits per heavy atom. The molecule has 0 spiro atoms. The van der Waals surface area contributed by atoms with Crippen LogP contribution in [0, 0.1) is 0 Å². The Bertz CT molecular complexity index is 319. The second kappa shape index (κ2) is 5.91. The number of aryl methyl sites for hydroxylation is 1. The minimum atomic E-state index is 0.0619. The zero-order valence-electron chi connectivity index (χ0n) is 9.67. The van der Waals surface area contributed by atoms with E-state index in [0.717, 1.165) is 24.8 Å². The fourth-order valence-electron chi connectivity index (χ4n) is 1.50. The number of thiophene rings is 1. The van der Waals surface area contributed by atoms with E-state index in [9.17, 15) is 4.79 Å². The molecule has 1 rings (SSSR count). The first-order chi connectivity index (χ1) is 7.17. The summed E-state index contributed by atoms with van der Waals surface area (Å²) in [7, 11) is 0. The Morgan fingerprint density at radius 1 is 1.53 bits per heavy atom. The van der Waals surface area contributed by atoms with Crippen molar-refractivity contribution in [3.63, 3.8) is 0 Å². The van der Waals surface area contributed by atoms with Gasteiger partial charge in [-0.15, -0.1) is 11.3 Å². The molecular weight excluding hydrogens is 206 g/mol. The van der Waals surface area contributed by atoms with E-state index >= 15 is 0 Å². The molecule has 2 nitrogen and oxygen atoms in total. The topological polar surface area (TPSA) is 29.1 Å². The Hall–Kier alpha value is -0.830. The van der Waals surface area contributed by atoms with Crippen molar-refractivity contribution in [3.8, 4) is 0 Å². The van der Waals surface area contributed by atoms with Gasteiger partial charge in [-0.3, -0.25) is 4.79 Å². The number of rotatable bonds is 5. The van der Waals surface area contributed by atoms with Crippen molar-refractivity contribution >= 4 is 17.2 Å². The number of nitrogens with one attached hydrogen (secondary N) is 1. The SMILES string of the molecule is CCCC(C)NC(=O)c1csc(CC)c1. The first-order valence-corrected chi connectivity index (χ1v) is 6.43. The summed E-state index contributed by atoms with van der Waals surface area (Å²) < 4.78 is 0. The minimum Gasteiger partial charge on any atom is -0.350 e. The number of carbonyl (C=O) groups is 1. The summed E-state index contributed by atoms with van der Waals surface area (Å²) >= 11 is 1.66. The maximum absolute atomic E-state index is 11.8. The third-order valence-corrected chi connectivity index (χ3v) is 3.44. The lowest BCUT2D eigenvalue weighted by Gasteiger charge is -2.11. The van der Waals surface area contributed by atoms with E-state index in [0.29, 0.717) is 0 Å². The maximum Gasteiger partial charge on any atom is 0.252 e. The van der Waals surface area contributed by atoms with E-state index in [1.807, 2.05) is 11.4 Å². The molecule has 3 heteroatoms. The van der Waals surface area contributed by atoms with Crippen molar-refractivity contribution < 1.29 is 4.79 Å². The smallest absolute Gasteiger partial charge is 0.252 e. The van der Waals surface area contributed by atoms with Gasteiger partial charge in [0.05, 0.1) is 5.56 Å². The van der Waals surface area contributed by atoms with Gasteiger partial charge in [-0.1, -0.05) is 20.3 Å². The van der Waals surface area contributed by atoms with Crippen LogP contribution >= 0.6 is 11.3 Å². The summed E-state index contributed by atoms with van der Waals surface area (Å²) in [6.45, 7) is 6.28. The highest BCUT2D eigenvalue weighted by atomic mass is 32.1. The van der Waals surface area contributed by atoms with Gasteiger partial charge in [0.15, 0.2) is 0 Å². The molecule has 15 heavy (non-hydrogen) atoms. The van der Waals surface area contributed by atoms with Gasteiger partial charge in [-0.05, 0) is 25.8 Å². The van der Waals surface area contributed by atoms with E-state index in [1.54, 1.807) is 11.3 Å². The number of hydrogen-bond acceptors (Lipinski definition) is 2. The van der Waals surface area contributed by atoms with Crippen molar-refractivity contribution in [2.24, 2.45) is 0 Å². The third-order valence-electron chi connectivity index (χ3n) is 2.36. The van der Waals surface area contributed by atoms with Crippen LogP contribution < -0.4 is 5.32 Å². The molecule has 0 radical (unpaired) electrons. The normalized spacial score (nSPS) is 12.5. The highest BCUT2D eigenvalue weighted by Gasteiger charge is 2.10. The van der Waals surface area contributed by atoms with Gasteiger partial charge in [-0.2, -0.15) is 0 Å². The first kappa shape index (κ1) is 12.2. The zero-order valence-corrected chi connectivity index (χ0v) is 10.5. The minimum absolute atomic E-state index is 0.0619. The van der Waals surface area contributed by atoms with Crippen molar-refractivity contribution in [2.75, 3.05) is 0 Å². The average molecular weight is 225 g/mol. The van der Waals surface area contributed by atoms with Crippen molar-refractivity contribution in [1.82, 2.24) is 5.32 Å². The predicted octanol–water partition coefficient (Wildman–Crippen LogP) is 3.23. The van der Waals surface area contributed by atoms with Gasteiger partial charge in [-0.25, -0.2) is 0 Å². The number of amides is 1. The van der Waals surface area contributed by atoms with Crippen LogP contribution in [0.5, 0.6) is 0 Å². The van der Waals surface area contributed by atoms with Crippen LogP contribution in [0.2, 0.25) is 0 Å². The lowest BCUT2D eigenvalue weighted by molar-refractivity contribution is 0.0938. The molecule has 1 aromatic heterocycles. The fourth-order valence-corrected chi connectivity index (χ4v) is 2.31. The van der Waals surface area contributed by atoms with Crippen LogP contribution in [0.3, 0.4) is 0 Å². The summed E-state index contributed by atoms with van der Waals surface area (Å²) in [5, 5.41) is 4.94. The summed E-state index contributed by atoms with van der Waals surface area (Å²) in [5.41, 5.74) is 0.805. The summed E-state index contributed by atoms with van der Waals surface area (Å²) in [4.78, 5) is 13.0. The molecule has 0 saturated heterocycles. The molecule has 0 aliphatic heterocycles. The van der Waals surface area contributed by atoms with Crippen LogP contribution in [0.1, 0.15) is 48.8 Å². The molecule has 1 aromatic rings. The molecule has 0 bridgehead atoms. The lowest BCUT2D eigenvalue weighted by Crippen LogP contribution is -2.32. The largest absolute Gasteiger partial charge is 0.350 e. The van der Waals surface area contributed by atoms with Gasteiger partial charge >= 0.3 is 0 Å². The van der Waals surface area contributed by atoms with E-state index < -0.39 is 0 Å². The number of hydrogen-bond donors (Lipinski definition) is 1. The first-order valence-electron chi connectivity index (χ1n) is 5.55. The second-order valence-corrected chi connectivity index (χ2v) is 4.81. The van der Waals surface area contributed by atoms with Crippen LogP contribution in [0.25, 0.3) is 0 Å². The zero-order chi connectivity index (χ0) is 11.3. The standard InChI is InChI=1S/C12H19NOS/c1-4-6-9(3)13-12(14)10-7-11(5-2)15-8-10/h7-9H,4-6H2,1-3H3,(H,13,14). The number of carbonyl (C=O) groups excluding carboxylic acids is 1. The third kappa shape index (κ3) is 3.67. The summed E-state index contributed by atoms with van der Waals surface area (Å²) in [6, 6.07) is 2.26. The van der Waals surface area contributed by atoms with E-state index in [2.05, 4.69) is 26.1 Å². The van der Waals surface area contributed by atoms with Crippen LogP contribution in [-0.4, -0.2) is 11.9 Å². The van der Waals surface area contributed by atoms with Gasteiger partial charge in [0.1, 0.15) is 0 Å². The Labute approximate surface area is 95.7 Å². The van der Waals surface area contributed by atoms with Crippen molar-refractivity contribution in [2.45, 2.75) is 46.1 Å². The molecule has 0 aliphatic carbocycles. The molecule has 1 N–H and O–H groups in total. The molecule has 0 aromatic carbocycles. The molecule has 0 saturated carbocycles. The Kier molecular flexibility index (Phi) is 4.82. The van der Waals surface area contributed by atoms with Gasteiger partial charge in [0, 0.05) is 16.3 Å². The highest BCUT2D eigenvalue weighted by Crippen LogP contribution is 2.15. The van der Waals surface area contributed by atoms with Crippen LogP contribution in [0.15, 0.2) is 11.4 Å². The second-order valence-electron chi connectivity index (χ2n) is 3.82. The van der Waals surface area contributed by atoms with Crippen LogP contribution in [0.4, 0.5) is 0 Å². The molecular formula is C12H19NOS. The van der Waals surface area contributed by atoms with E-state index in [4.69, 9.17) is 0 Å². The molecule has 0 fully saturated rings. The van der Waals surface area contributed by atoms with Gasteiger partial charge < -0.3 is 5.32 Å². The quantitative estimate of drug-likeness (QED) is 0.819. The Balaban J connectivity index is 2.53. The van der Waals surface area contributed by atoms with Crippen molar-refractivity contribution in [3.05, 3.63) is 21.9 Å². The van der Waals surface area contributed by atoms with Crippen LogP contribution in [-0.2, 0) is 6.42 Å². The summed E-state index contributed by atoms with van der Waals surface area (Å²) in [6.07, 6.45) is 3.14. The summed E-state index contributed by atoms with van der Waals surface area (Å²) in [5.74, 6) is 0.0619. The maximum atomic E-state index is 11.8. The fraction of sp³-hybridized carbons (Fsp3) is 0.583. The molecule has 1 unspecified atom stereocenters. The van der Waals surface area contributed by atoms with Gasteiger partial charge in [0.25, 0.3) is 5.91 Å². The van der Waals surface area contributed by atoms with E-state index in [-0.39, 0.29) is 11.9 Å². The average Bonchev–Trinajstić information content (AvgIpc) is 2.66. The molecule has 1 atom stereocenters. The molecule has 1 amide bonds. The predicted molar refractivity (Wildman–Crippen MR) is 65.5 cm³/mol. The molecule has 84 valence electrons. The molecule has 1 heterocycles. The monoisotopic (exact) mass is 225 g/mol.